The molecule has 0 saturated carbocycles. The lowest BCUT2D eigenvalue weighted by molar-refractivity contribution is -0.116. The quantitative estimate of drug-likeness (QED) is 0.853. The molecule has 19 heavy (non-hydrogen) atoms. The Labute approximate surface area is 116 Å². The molecule has 0 saturated heterocycles. The van der Waals surface area contributed by atoms with Gasteiger partial charge in [-0.2, -0.15) is 0 Å². The molecule has 0 fully saturated rings. The van der Waals surface area contributed by atoms with Crippen LogP contribution in [0.4, 0.5) is 5.69 Å². The number of carbonyl (C=O) groups is 1. The number of anilines is 1. The second-order valence-electron chi connectivity index (χ2n) is 5.28. The normalized spacial score (nSPS) is 11.4. The van der Waals surface area contributed by atoms with E-state index in [4.69, 9.17) is 5.73 Å². The Hall–Kier alpha value is -1.35. The summed E-state index contributed by atoms with van der Waals surface area (Å²) in [5.41, 5.74) is 8.38. The molecule has 3 heteroatoms. The van der Waals surface area contributed by atoms with Gasteiger partial charge in [0.25, 0.3) is 0 Å². The first-order valence-corrected chi connectivity index (χ1v) is 7.08. The molecule has 1 rings (SSSR count). The van der Waals surface area contributed by atoms with Gasteiger partial charge in [-0.15, -0.1) is 0 Å². The second-order valence-corrected chi connectivity index (χ2v) is 5.28. The summed E-state index contributed by atoms with van der Waals surface area (Å²) in [6, 6.07) is 8.06. The largest absolute Gasteiger partial charge is 0.321 e. The predicted octanol–water partition coefficient (Wildman–Crippen LogP) is 3.42. The number of nitrogens with zero attached hydrogens (tertiary/aromatic N) is 1. The summed E-state index contributed by atoms with van der Waals surface area (Å²) < 4.78 is 0. The molecule has 106 valence electrons. The molecule has 1 amide bonds. The van der Waals surface area contributed by atoms with Crippen LogP contribution in [-0.2, 0) is 10.3 Å². The third-order valence-electron chi connectivity index (χ3n) is 3.69. The fraction of sp³-hybridized carbons (Fsp3) is 0.562. The van der Waals surface area contributed by atoms with E-state index in [0.717, 1.165) is 36.9 Å². The molecule has 1 aromatic rings. The highest BCUT2D eigenvalue weighted by Gasteiger charge is 2.25. The van der Waals surface area contributed by atoms with Gasteiger partial charge in [0.15, 0.2) is 0 Å². The Balaban J connectivity index is 2.98. The van der Waals surface area contributed by atoms with E-state index in [0.29, 0.717) is 0 Å². The van der Waals surface area contributed by atoms with Crippen molar-refractivity contribution < 1.29 is 4.79 Å². The maximum atomic E-state index is 11.3. The summed E-state index contributed by atoms with van der Waals surface area (Å²) in [5, 5.41) is 0. The Morgan fingerprint density at radius 3 is 2.00 bits per heavy atom. The topological polar surface area (TPSA) is 46.3 Å². The molecule has 0 unspecified atom stereocenters. The Bertz CT molecular complexity index is 405. The molecule has 0 bridgehead atoms. The lowest BCUT2D eigenvalue weighted by Gasteiger charge is -2.30. The van der Waals surface area contributed by atoms with Crippen molar-refractivity contribution in [2.75, 3.05) is 11.9 Å². The van der Waals surface area contributed by atoms with E-state index < -0.39 is 0 Å². The molecule has 0 spiro atoms. The van der Waals surface area contributed by atoms with Crippen LogP contribution in [0.2, 0.25) is 0 Å². The minimum atomic E-state index is -0.239. The van der Waals surface area contributed by atoms with Crippen LogP contribution in [0.3, 0.4) is 0 Å². The van der Waals surface area contributed by atoms with Crippen molar-refractivity contribution >= 4 is 11.6 Å². The number of amides is 1. The highest BCUT2D eigenvalue weighted by molar-refractivity contribution is 5.90. The van der Waals surface area contributed by atoms with Crippen LogP contribution in [0.1, 0.15) is 52.0 Å². The predicted molar refractivity (Wildman–Crippen MR) is 81.2 cm³/mol. The second kappa shape index (κ2) is 6.71. The molecule has 0 radical (unpaired) electrons. The van der Waals surface area contributed by atoms with Crippen LogP contribution in [-0.4, -0.2) is 13.0 Å². The van der Waals surface area contributed by atoms with Crippen molar-refractivity contribution in [1.82, 2.24) is 0 Å². The zero-order chi connectivity index (χ0) is 14.5. The Morgan fingerprint density at radius 1 is 1.16 bits per heavy atom. The van der Waals surface area contributed by atoms with Crippen LogP contribution < -0.4 is 10.6 Å². The number of nitrogens with two attached hydrogens (primary N) is 1. The van der Waals surface area contributed by atoms with Gasteiger partial charge in [-0.25, -0.2) is 0 Å². The summed E-state index contributed by atoms with van der Waals surface area (Å²) in [6.07, 6.45) is 4.13. The standard InChI is InChI=1S/C16H26N2O/c1-5-11-16(17,12-6-2)14-7-9-15(10-8-14)18(4)13(3)19/h7-10H,5-6,11-12,17H2,1-4H3. The number of rotatable bonds is 6. The summed E-state index contributed by atoms with van der Waals surface area (Å²) in [5.74, 6) is 0.0360. The molecular weight excluding hydrogens is 236 g/mol. The van der Waals surface area contributed by atoms with Gasteiger partial charge in [-0.3, -0.25) is 4.79 Å². The first kappa shape index (κ1) is 15.7. The van der Waals surface area contributed by atoms with Crippen molar-refractivity contribution in [3.8, 4) is 0 Å². The van der Waals surface area contributed by atoms with Crippen molar-refractivity contribution in [3.05, 3.63) is 29.8 Å². The monoisotopic (exact) mass is 262 g/mol. The molecule has 0 heterocycles. The average molecular weight is 262 g/mol. The van der Waals surface area contributed by atoms with Gasteiger partial charge < -0.3 is 10.6 Å². The molecule has 2 N–H and O–H groups in total. The summed E-state index contributed by atoms with van der Waals surface area (Å²) >= 11 is 0. The van der Waals surface area contributed by atoms with E-state index >= 15 is 0 Å². The average Bonchev–Trinajstić information content (AvgIpc) is 2.38. The van der Waals surface area contributed by atoms with E-state index in [9.17, 15) is 4.79 Å². The van der Waals surface area contributed by atoms with Crippen molar-refractivity contribution in [2.24, 2.45) is 5.73 Å². The number of carbonyl (C=O) groups excluding carboxylic acids is 1. The fourth-order valence-corrected chi connectivity index (χ4v) is 2.50. The third-order valence-corrected chi connectivity index (χ3v) is 3.69. The maximum absolute atomic E-state index is 11.3. The van der Waals surface area contributed by atoms with Crippen LogP contribution in [0, 0.1) is 0 Å². The lowest BCUT2D eigenvalue weighted by atomic mass is 9.83. The minimum absolute atomic E-state index is 0.0360. The highest BCUT2D eigenvalue weighted by Crippen LogP contribution is 2.30. The number of hydrogen-bond acceptors (Lipinski definition) is 2. The van der Waals surface area contributed by atoms with Crippen LogP contribution in [0.25, 0.3) is 0 Å². The Morgan fingerprint density at radius 2 is 1.63 bits per heavy atom. The fourth-order valence-electron chi connectivity index (χ4n) is 2.50. The summed E-state index contributed by atoms with van der Waals surface area (Å²) in [7, 11) is 1.78. The van der Waals surface area contributed by atoms with Gasteiger partial charge in [0.05, 0.1) is 0 Å². The van der Waals surface area contributed by atoms with E-state index in [2.05, 4.69) is 26.0 Å². The van der Waals surface area contributed by atoms with E-state index in [-0.39, 0.29) is 11.4 Å². The van der Waals surface area contributed by atoms with Crippen LogP contribution >= 0.6 is 0 Å². The lowest BCUT2D eigenvalue weighted by Crippen LogP contribution is -2.36. The first-order chi connectivity index (χ1) is 8.94. The van der Waals surface area contributed by atoms with Gasteiger partial charge in [-0.05, 0) is 30.5 Å². The van der Waals surface area contributed by atoms with Crippen molar-refractivity contribution in [1.29, 1.82) is 0 Å². The molecule has 0 atom stereocenters. The maximum Gasteiger partial charge on any atom is 0.223 e. The minimum Gasteiger partial charge on any atom is -0.321 e. The van der Waals surface area contributed by atoms with E-state index in [1.54, 1.807) is 18.9 Å². The number of hydrogen-bond donors (Lipinski definition) is 1. The molecule has 0 aliphatic carbocycles. The Kier molecular flexibility index (Phi) is 5.55. The van der Waals surface area contributed by atoms with Gasteiger partial charge in [0, 0.05) is 25.2 Å². The molecular formula is C16H26N2O. The molecule has 3 nitrogen and oxygen atoms in total. The zero-order valence-corrected chi connectivity index (χ0v) is 12.6. The summed E-state index contributed by atoms with van der Waals surface area (Å²) in [4.78, 5) is 13.0. The smallest absolute Gasteiger partial charge is 0.223 e. The SMILES string of the molecule is CCCC(N)(CCC)c1ccc(N(C)C(C)=O)cc1. The zero-order valence-electron chi connectivity index (χ0n) is 12.6. The van der Waals surface area contributed by atoms with Crippen molar-refractivity contribution in [2.45, 2.75) is 52.0 Å². The first-order valence-electron chi connectivity index (χ1n) is 7.08. The molecule has 0 aromatic heterocycles. The van der Waals surface area contributed by atoms with Gasteiger partial charge in [0.1, 0.15) is 0 Å². The van der Waals surface area contributed by atoms with Crippen molar-refractivity contribution in [3.63, 3.8) is 0 Å². The van der Waals surface area contributed by atoms with Gasteiger partial charge >= 0.3 is 0 Å². The highest BCUT2D eigenvalue weighted by atomic mass is 16.2. The molecule has 0 aliphatic rings. The van der Waals surface area contributed by atoms with Crippen LogP contribution in [0.5, 0.6) is 0 Å². The molecule has 1 aromatic carbocycles. The van der Waals surface area contributed by atoms with E-state index in [1.165, 1.54) is 0 Å². The van der Waals surface area contributed by atoms with Gasteiger partial charge in [0.2, 0.25) is 5.91 Å². The summed E-state index contributed by atoms with van der Waals surface area (Å²) in [6.45, 7) is 5.89. The third kappa shape index (κ3) is 3.80. The van der Waals surface area contributed by atoms with Crippen LogP contribution in [0.15, 0.2) is 24.3 Å². The number of benzene rings is 1. The van der Waals surface area contributed by atoms with E-state index in [1.807, 2.05) is 12.1 Å². The molecule has 0 aliphatic heterocycles. The van der Waals surface area contributed by atoms with Gasteiger partial charge in [-0.1, -0.05) is 38.8 Å².